The van der Waals surface area contributed by atoms with Gasteiger partial charge in [-0.1, -0.05) is 12.1 Å². The zero-order chi connectivity index (χ0) is 20.3. The molecule has 0 radical (unpaired) electrons. The Kier molecular flexibility index (Phi) is 5.89. The highest BCUT2D eigenvalue weighted by molar-refractivity contribution is 8.18. The van der Waals surface area contributed by atoms with Crippen LogP contribution in [-0.2, 0) is 11.3 Å². The highest BCUT2D eigenvalue weighted by Gasteiger charge is 2.35. The molecule has 2 amide bonds. The summed E-state index contributed by atoms with van der Waals surface area (Å²) in [5.41, 5.74) is 1.24. The number of thioether (sulfide) groups is 1. The largest absolute Gasteiger partial charge is 0.493 e. The summed E-state index contributed by atoms with van der Waals surface area (Å²) in [4.78, 5) is 26.4. The number of imide groups is 1. The zero-order valence-corrected chi connectivity index (χ0v) is 16.3. The normalized spacial score (nSPS) is 15.3. The van der Waals surface area contributed by atoms with E-state index in [1.54, 1.807) is 30.3 Å². The van der Waals surface area contributed by atoms with Crippen LogP contribution in [0, 0.1) is 5.82 Å². The van der Waals surface area contributed by atoms with Crippen LogP contribution in [-0.4, -0.2) is 37.4 Å². The predicted molar refractivity (Wildman–Crippen MR) is 104 cm³/mol. The SMILES string of the molecule is COc1ccc(/C=C2\SC(=O)N(Cc3ccc(F)cc3)C2=O)c(OC)c1OC. The van der Waals surface area contributed by atoms with E-state index in [1.807, 2.05) is 0 Å². The molecule has 0 spiro atoms. The van der Waals surface area contributed by atoms with Crippen LogP contribution in [0.5, 0.6) is 17.2 Å². The number of carbonyl (C=O) groups is 2. The molecule has 8 heteroatoms. The van der Waals surface area contributed by atoms with Crippen molar-refractivity contribution in [2.24, 2.45) is 0 Å². The van der Waals surface area contributed by atoms with Crippen LogP contribution >= 0.6 is 11.8 Å². The standard InChI is InChI=1S/C20H18FNO5S/c1-25-15-9-6-13(17(26-2)18(15)27-3)10-16-19(23)22(20(24)28-16)11-12-4-7-14(21)8-5-12/h4-10H,11H2,1-3H3/b16-10-. The Balaban J connectivity index is 1.90. The van der Waals surface area contributed by atoms with E-state index >= 15 is 0 Å². The number of halogens is 1. The lowest BCUT2D eigenvalue weighted by atomic mass is 10.1. The number of rotatable bonds is 6. The van der Waals surface area contributed by atoms with Crippen molar-refractivity contribution in [3.8, 4) is 17.2 Å². The van der Waals surface area contributed by atoms with E-state index < -0.39 is 5.91 Å². The van der Waals surface area contributed by atoms with E-state index in [4.69, 9.17) is 14.2 Å². The van der Waals surface area contributed by atoms with E-state index in [2.05, 4.69) is 0 Å². The van der Waals surface area contributed by atoms with E-state index in [-0.39, 0.29) is 22.5 Å². The van der Waals surface area contributed by atoms with Gasteiger partial charge in [-0.2, -0.15) is 0 Å². The van der Waals surface area contributed by atoms with E-state index in [9.17, 15) is 14.0 Å². The zero-order valence-electron chi connectivity index (χ0n) is 15.5. The van der Waals surface area contributed by atoms with Gasteiger partial charge in [0, 0.05) is 5.56 Å². The van der Waals surface area contributed by atoms with E-state index in [1.165, 1.54) is 33.5 Å². The predicted octanol–water partition coefficient (Wildman–Crippen LogP) is 4.09. The number of benzene rings is 2. The minimum Gasteiger partial charge on any atom is -0.493 e. The molecule has 2 aromatic rings. The number of methoxy groups -OCH3 is 3. The molecule has 0 N–H and O–H groups in total. The van der Waals surface area contributed by atoms with Crippen LogP contribution < -0.4 is 14.2 Å². The third-order valence-electron chi connectivity index (χ3n) is 4.15. The molecule has 2 aromatic carbocycles. The summed E-state index contributed by atoms with van der Waals surface area (Å²) in [6.07, 6.45) is 1.58. The monoisotopic (exact) mass is 403 g/mol. The molecule has 1 saturated heterocycles. The van der Waals surface area contributed by atoms with Crippen molar-refractivity contribution >= 4 is 29.0 Å². The molecule has 1 fully saturated rings. The number of amides is 2. The number of hydrogen-bond acceptors (Lipinski definition) is 6. The molecular formula is C20H18FNO5S. The molecule has 0 unspecified atom stereocenters. The lowest BCUT2D eigenvalue weighted by molar-refractivity contribution is -0.123. The Morgan fingerprint density at radius 3 is 2.25 bits per heavy atom. The molecule has 3 rings (SSSR count). The number of hydrogen-bond donors (Lipinski definition) is 0. The Morgan fingerprint density at radius 1 is 0.964 bits per heavy atom. The maximum atomic E-state index is 13.1. The fraction of sp³-hybridized carbons (Fsp3) is 0.200. The second kappa shape index (κ2) is 8.35. The summed E-state index contributed by atoms with van der Waals surface area (Å²) < 4.78 is 29.1. The Bertz CT molecular complexity index is 942. The van der Waals surface area contributed by atoms with Crippen molar-refractivity contribution < 1.29 is 28.2 Å². The molecule has 1 aliphatic heterocycles. The Morgan fingerprint density at radius 2 is 1.64 bits per heavy atom. The van der Waals surface area contributed by atoms with Gasteiger partial charge in [0.25, 0.3) is 11.1 Å². The van der Waals surface area contributed by atoms with Gasteiger partial charge in [-0.15, -0.1) is 0 Å². The van der Waals surface area contributed by atoms with Crippen molar-refractivity contribution in [1.29, 1.82) is 0 Å². The Hall–Kier alpha value is -3.00. The lowest BCUT2D eigenvalue weighted by Gasteiger charge is -2.14. The fourth-order valence-electron chi connectivity index (χ4n) is 2.79. The lowest BCUT2D eigenvalue weighted by Crippen LogP contribution is -2.27. The molecule has 0 aromatic heterocycles. The molecule has 0 bridgehead atoms. The van der Waals surface area contributed by atoms with Gasteiger partial charge in [-0.3, -0.25) is 14.5 Å². The van der Waals surface area contributed by atoms with Gasteiger partial charge < -0.3 is 14.2 Å². The van der Waals surface area contributed by atoms with Gasteiger partial charge in [0.1, 0.15) is 5.82 Å². The van der Waals surface area contributed by atoms with Gasteiger partial charge in [0.15, 0.2) is 11.5 Å². The fourth-order valence-corrected chi connectivity index (χ4v) is 3.62. The quantitative estimate of drug-likeness (QED) is 0.677. The van der Waals surface area contributed by atoms with Crippen molar-refractivity contribution in [3.63, 3.8) is 0 Å². The average molecular weight is 403 g/mol. The number of ether oxygens (including phenoxy) is 3. The van der Waals surface area contributed by atoms with Crippen LogP contribution in [0.4, 0.5) is 9.18 Å². The van der Waals surface area contributed by atoms with Gasteiger partial charge in [-0.05, 0) is 47.7 Å². The van der Waals surface area contributed by atoms with Crippen LogP contribution in [0.25, 0.3) is 6.08 Å². The summed E-state index contributed by atoms with van der Waals surface area (Å²) in [7, 11) is 4.48. The minimum atomic E-state index is -0.420. The van der Waals surface area contributed by atoms with Gasteiger partial charge in [-0.25, -0.2) is 4.39 Å². The first kappa shape index (κ1) is 19.8. The topological polar surface area (TPSA) is 65.1 Å². The summed E-state index contributed by atoms with van der Waals surface area (Å²) >= 11 is 0.838. The van der Waals surface area contributed by atoms with Gasteiger partial charge in [0.05, 0.1) is 32.8 Å². The number of nitrogens with zero attached hydrogens (tertiary/aromatic N) is 1. The highest BCUT2D eigenvalue weighted by Crippen LogP contribution is 2.42. The van der Waals surface area contributed by atoms with E-state index in [0.29, 0.717) is 28.4 Å². The molecule has 0 aliphatic carbocycles. The summed E-state index contributed by atoms with van der Waals surface area (Å²) in [6, 6.07) is 9.07. The first-order chi connectivity index (χ1) is 13.5. The molecule has 28 heavy (non-hydrogen) atoms. The van der Waals surface area contributed by atoms with Gasteiger partial charge in [0.2, 0.25) is 5.75 Å². The molecule has 1 aliphatic rings. The van der Waals surface area contributed by atoms with Crippen molar-refractivity contribution in [2.45, 2.75) is 6.54 Å². The maximum Gasteiger partial charge on any atom is 0.293 e. The molecular weight excluding hydrogens is 385 g/mol. The summed E-state index contributed by atoms with van der Waals surface area (Å²) in [5.74, 6) is 0.479. The van der Waals surface area contributed by atoms with Crippen molar-refractivity contribution in [3.05, 3.63) is 58.2 Å². The molecule has 0 saturated carbocycles. The highest BCUT2D eigenvalue weighted by atomic mass is 32.2. The van der Waals surface area contributed by atoms with Crippen LogP contribution in [0.15, 0.2) is 41.3 Å². The Labute approximate surface area is 165 Å². The van der Waals surface area contributed by atoms with Crippen LogP contribution in [0.3, 0.4) is 0 Å². The maximum absolute atomic E-state index is 13.1. The van der Waals surface area contributed by atoms with Crippen LogP contribution in [0.2, 0.25) is 0 Å². The molecule has 1 heterocycles. The first-order valence-corrected chi connectivity index (χ1v) is 9.09. The van der Waals surface area contributed by atoms with Gasteiger partial charge >= 0.3 is 0 Å². The van der Waals surface area contributed by atoms with Crippen molar-refractivity contribution in [1.82, 2.24) is 4.90 Å². The second-order valence-electron chi connectivity index (χ2n) is 5.82. The smallest absolute Gasteiger partial charge is 0.293 e. The minimum absolute atomic E-state index is 0.0748. The summed E-state index contributed by atoms with van der Waals surface area (Å²) in [5, 5.41) is -0.389. The third-order valence-corrected chi connectivity index (χ3v) is 5.06. The van der Waals surface area contributed by atoms with E-state index in [0.717, 1.165) is 16.7 Å². The number of carbonyl (C=O) groups excluding carboxylic acids is 2. The average Bonchev–Trinajstić information content (AvgIpc) is 2.96. The first-order valence-electron chi connectivity index (χ1n) is 8.27. The second-order valence-corrected chi connectivity index (χ2v) is 6.81. The third kappa shape index (κ3) is 3.82. The summed E-state index contributed by atoms with van der Waals surface area (Å²) in [6.45, 7) is 0.0748. The molecule has 146 valence electrons. The van der Waals surface area contributed by atoms with Crippen LogP contribution in [0.1, 0.15) is 11.1 Å². The molecule has 0 atom stereocenters. The van der Waals surface area contributed by atoms with Crippen molar-refractivity contribution in [2.75, 3.05) is 21.3 Å². The molecule has 6 nitrogen and oxygen atoms in total.